The number of nitrogens with one attached hydrogen (secondary N) is 1. The van der Waals surface area contributed by atoms with E-state index in [-0.39, 0.29) is 12.1 Å². The van der Waals surface area contributed by atoms with Gasteiger partial charge in [-0.05, 0) is 37.3 Å². The number of aryl methyl sites for hydroxylation is 1. The topological polar surface area (TPSA) is 107 Å². The number of methoxy groups -OCH3 is 1. The van der Waals surface area contributed by atoms with Gasteiger partial charge in [0.05, 0.1) is 36.6 Å². The molecule has 8 heteroatoms. The minimum atomic E-state index is -0.180. The van der Waals surface area contributed by atoms with Crippen LogP contribution in [0.5, 0.6) is 5.75 Å². The van der Waals surface area contributed by atoms with Crippen molar-refractivity contribution in [3.05, 3.63) is 69.4 Å². The fourth-order valence-electron chi connectivity index (χ4n) is 2.65. The van der Waals surface area contributed by atoms with Gasteiger partial charge in [0, 0.05) is 27.6 Å². The second-order valence-corrected chi connectivity index (χ2v) is 6.91. The third-order valence-corrected chi connectivity index (χ3v) is 4.97. The first-order valence-electron chi connectivity index (χ1n) is 8.16. The molecule has 0 aliphatic heterocycles. The second kappa shape index (κ2) is 8.05. The molecule has 3 aromatic rings. The molecule has 0 fully saturated rings. The average Bonchev–Trinajstić information content (AvgIpc) is 2.68. The summed E-state index contributed by atoms with van der Waals surface area (Å²) in [6.07, 6.45) is 4.23. The zero-order valence-electron chi connectivity index (χ0n) is 15.0. The Bertz CT molecular complexity index is 1090. The summed E-state index contributed by atoms with van der Waals surface area (Å²) in [5.74, 6) is 0.707. The van der Waals surface area contributed by atoms with Gasteiger partial charge in [-0.25, -0.2) is 4.68 Å². The maximum Gasteiger partial charge on any atom is 0.274 e. The van der Waals surface area contributed by atoms with Crippen LogP contribution in [0.2, 0.25) is 0 Å². The number of hydrogen-bond donors (Lipinski definition) is 2. The summed E-state index contributed by atoms with van der Waals surface area (Å²) in [6.45, 7) is 2.14. The fraction of sp³-hybridized carbons (Fsp3) is 0.158. The monoisotopic (exact) mass is 381 g/mol. The Morgan fingerprint density at radius 3 is 2.85 bits per heavy atom. The van der Waals surface area contributed by atoms with E-state index in [1.54, 1.807) is 19.4 Å². The van der Waals surface area contributed by atoms with Gasteiger partial charge in [-0.15, -0.1) is 0 Å². The van der Waals surface area contributed by atoms with E-state index < -0.39 is 0 Å². The number of allylic oxidation sites excluding steroid dienone is 1. The lowest BCUT2D eigenvalue weighted by Gasteiger charge is -2.09. The largest absolute Gasteiger partial charge is 0.495 e. The number of nitrogens with two attached hydrogens (primary N) is 1. The smallest absolute Gasteiger partial charge is 0.274 e. The van der Waals surface area contributed by atoms with Gasteiger partial charge in [0.2, 0.25) is 0 Å². The number of pyridine rings is 1. The third-order valence-electron chi connectivity index (χ3n) is 3.99. The van der Waals surface area contributed by atoms with E-state index in [4.69, 9.17) is 15.9 Å². The van der Waals surface area contributed by atoms with Gasteiger partial charge in [0.15, 0.2) is 0 Å². The fourth-order valence-corrected chi connectivity index (χ4v) is 3.37. The molecule has 0 spiro atoms. The molecule has 3 N–H and O–H groups in total. The maximum atomic E-state index is 12.8. The predicted octanol–water partition coefficient (Wildman–Crippen LogP) is 2.70. The summed E-state index contributed by atoms with van der Waals surface area (Å²) in [5.41, 5.74) is 6.80. The van der Waals surface area contributed by atoms with Gasteiger partial charge in [-0.2, -0.15) is 5.10 Å². The van der Waals surface area contributed by atoms with Crippen LogP contribution in [0, 0.1) is 12.3 Å². The van der Waals surface area contributed by atoms with Crippen molar-refractivity contribution in [3.63, 3.8) is 0 Å². The summed E-state index contributed by atoms with van der Waals surface area (Å²) in [6, 6.07) is 9.12. The van der Waals surface area contributed by atoms with Crippen LogP contribution in [0.25, 0.3) is 10.8 Å². The number of fused-ring (bicyclic) bond motifs is 1. The van der Waals surface area contributed by atoms with Crippen molar-refractivity contribution in [1.29, 1.82) is 5.41 Å². The Labute approximate surface area is 160 Å². The standard InChI is InChI=1S/C19H19N5O2S/c1-12-18(26-2)6-3-14(23-12)11-24-19(25)17-5-4-15(7-13(17)10-22-24)27-16(8-20)9-21/h3-10,20H,11,21H2,1-2H3/b16-9+,20-8?. The summed E-state index contributed by atoms with van der Waals surface area (Å²) in [5, 5.41) is 12.9. The number of rotatable bonds is 6. The third kappa shape index (κ3) is 4.01. The van der Waals surface area contributed by atoms with Crippen LogP contribution in [0.15, 0.2) is 57.3 Å². The lowest BCUT2D eigenvalue weighted by molar-refractivity contribution is 0.408. The SMILES string of the molecule is COc1ccc(Cn2ncc3cc(S/C(C=N)=C/N)ccc3c2=O)nc1C. The average molecular weight is 381 g/mol. The summed E-state index contributed by atoms with van der Waals surface area (Å²) < 4.78 is 6.61. The van der Waals surface area contributed by atoms with Gasteiger partial charge in [0.25, 0.3) is 5.56 Å². The molecule has 0 unspecified atom stereocenters. The number of hydrogen-bond acceptors (Lipinski definition) is 7. The van der Waals surface area contributed by atoms with E-state index in [0.29, 0.717) is 16.0 Å². The van der Waals surface area contributed by atoms with Gasteiger partial charge in [-0.1, -0.05) is 11.8 Å². The lowest BCUT2D eigenvalue weighted by Crippen LogP contribution is -2.23. The van der Waals surface area contributed by atoms with Crippen LogP contribution < -0.4 is 16.0 Å². The first-order chi connectivity index (χ1) is 13.0. The Morgan fingerprint density at radius 1 is 1.37 bits per heavy atom. The highest BCUT2D eigenvalue weighted by atomic mass is 32.2. The number of ether oxygens (including phenoxy) is 1. The van der Waals surface area contributed by atoms with Gasteiger partial charge in [0.1, 0.15) is 5.75 Å². The molecule has 0 saturated carbocycles. The molecular weight excluding hydrogens is 362 g/mol. The molecule has 27 heavy (non-hydrogen) atoms. The molecule has 0 saturated heterocycles. The minimum absolute atomic E-state index is 0.180. The van der Waals surface area contributed by atoms with Crippen LogP contribution in [-0.2, 0) is 6.54 Å². The van der Waals surface area contributed by atoms with Crippen molar-refractivity contribution in [2.24, 2.45) is 5.73 Å². The molecule has 7 nitrogen and oxygen atoms in total. The molecule has 0 aliphatic rings. The van der Waals surface area contributed by atoms with Crippen LogP contribution in [0.4, 0.5) is 0 Å². The van der Waals surface area contributed by atoms with E-state index in [1.165, 1.54) is 28.9 Å². The highest BCUT2D eigenvalue weighted by Crippen LogP contribution is 2.27. The molecular formula is C19H19N5O2S. The molecule has 0 atom stereocenters. The van der Waals surface area contributed by atoms with Crippen molar-refractivity contribution in [1.82, 2.24) is 14.8 Å². The lowest BCUT2D eigenvalue weighted by atomic mass is 10.2. The van der Waals surface area contributed by atoms with Crippen LogP contribution in [0.1, 0.15) is 11.4 Å². The molecule has 2 aromatic heterocycles. The maximum absolute atomic E-state index is 12.8. The molecule has 2 heterocycles. The van der Waals surface area contributed by atoms with Crippen LogP contribution in [-0.4, -0.2) is 28.1 Å². The van der Waals surface area contributed by atoms with Gasteiger partial charge < -0.3 is 15.9 Å². The van der Waals surface area contributed by atoms with Crippen LogP contribution in [0.3, 0.4) is 0 Å². The van der Waals surface area contributed by atoms with E-state index in [1.807, 2.05) is 31.2 Å². The van der Waals surface area contributed by atoms with Crippen molar-refractivity contribution >= 4 is 28.7 Å². The number of nitrogens with zero attached hydrogens (tertiary/aromatic N) is 3. The normalized spacial score (nSPS) is 11.6. The minimum Gasteiger partial charge on any atom is -0.495 e. The summed E-state index contributed by atoms with van der Waals surface area (Å²) in [7, 11) is 1.60. The van der Waals surface area contributed by atoms with Crippen molar-refractivity contribution in [3.8, 4) is 5.75 Å². The molecule has 0 amide bonds. The Morgan fingerprint density at radius 2 is 2.19 bits per heavy atom. The second-order valence-electron chi connectivity index (χ2n) is 5.76. The molecule has 138 valence electrons. The first kappa shape index (κ1) is 18.7. The summed E-state index contributed by atoms with van der Waals surface area (Å²) >= 11 is 1.36. The number of thioether (sulfide) groups is 1. The van der Waals surface area contributed by atoms with Gasteiger partial charge >= 0.3 is 0 Å². The zero-order chi connectivity index (χ0) is 19.4. The van der Waals surface area contributed by atoms with E-state index in [2.05, 4.69) is 10.1 Å². The van der Waals surface area contributed by atoms with Gasteiger partial charge in [-0.3, -0.25) is 9.78 Å². The van der Waals surface area contributed by atoms with E-state index >= 15 is 0 Å². The summed E-state index contributed by atoms with van der Waals surface area (Å²) in [4.78, 5) is 18.7. The quantitative estimate of drug-likeness (QED) is 0.502. The molecule has 0 radical (unpaired) electrons. The number of benzene rings is 1. The molecule has 3 rings (SSSR count). The van der Waals surface area contributed by atoms with E-state index in [0.717, 1.165) is 21.7 Å². The van der Waals surface area contributed by atoms with Crippen molar-refractivity contribution < 1.29 is 4.74 Å². The van der Waals surface area contributed by atoms with Crippen molar-refractivity contribution in [2.75, 3.05) is 7.11 Å². The molecule has 0 aliphatic carbocycles. The highest BCUT2D eigenvalue weighted by molar-refractivity contribution is 8.03. The van der Waals surface area contributed by atoms with Crippen molar-refractivity contribution in [2.45, 2.75) is 18.4 Å². The Hall–Kier alpha value is -3.13. The zero-order valence-corrected chi connectivity index (χ0v) is 15.8. The number of aromatic nitrogens is 3. The molecule has 1 aromatic carbocycles. The molecule has 0 bridgehead atoms. The highest BCUT2D eigenvalue weighted by Gasteiger charge is 2.09. The van der Waals surface area contributed by atoms with E-state index in [9.17, 15) is 4.79 Å². The predicted molar refractivity (Wildman–Crippen MR) is 108 cm³/mol. The Kier molecular flexibility index (Phi) is 5.56. The first-order valence-corrected chi connectivity index (χ1v) is 8.98. The Balaban J connectivity index is 1.92. The van der Waals surface area contributed by atoms with Crippen LogP contribution >= 0.6 is 11.8 Å².